The van der Waals surface area contributed by atoms with Crippen LogP contribution in [0.15, 0.2) is 77.7 Å². The summed E-state index contributed by atoms with van der Waals surface area (Å²) in [6.07, 6.45) is 1.02. The van der Waals surface area contributed by atoms with Crippen LogP contribution in [-0.4, -0.2) is 44.9 Å². The van der Waals surface area contributed by atoms with Crippen molar-refractivity contribution in [2.75, 3.05) is 26.2 Å². The number of carbonyl (C=O) groups is 1. The SMILES string of the molecule is O=C(NCCOc1ccccc1)C1CCN(S(=O)(=O)c2ccc3ccccc3c2)CC1. The van der Waals surface area contributed by atoms with Gasteiger partial charge in [0.2, 0.25) is 15.9 Å². The van der Waals surface area contributed by atoms with Crippen LogP contribution in [0.1, 0.15) is 12.8 Å². The van der Waals surface area contributed by atoms with E-state index < -0.39 is 10.0 Å². The van der Waals surface area contributed by atoms with Gasteiger partial charge in [0, 0.05) is 19.0 Å². The lowest BCUT2D eigenvalue weighted by atomic mass is 9.97. The van der Waals surface area contributed by atoms with Crippen LogP contribution in [0.3, 0.4) is 0 Å². The van der Waals surface area contributed by atoms with Crippen molar-refractivity contribution in [1.82, 2.24) is 9.62 Å². The Labute approximate surface area is 182 Å². The Bertz CT molecular complexity index is 1140. The summed E-state index contributed by atoms with van der Waals surface area (Å²) < 4.78 is 33.2. The number of para-hydroxylation sites is 1. The minimum Gasteiger partial charge on any atom is -0.492 e. The summed E-state index contributed by atoms with van der Waals surface area (Å²) in [7, 11) is -3.57. The first-order valence-electron chi connectivity index (χ1n) is 10.5. The Kier molecular flexibility index (Phi) is 6.53. The van der Waals surface area contributed by atoms with Gasteiger partial charge in [-0.2, -0.15) is 4.31 Å². The van der Waals surface area contributed by atoms with Crippen molar-refractivity contribution in [1.29, 1.82) is 0 Å². The number of nitrogens with one attached hydrogen (secondary N) is 1. The molecular weight excluding hydrogens is 412 g/mol. The summed E-state index contributed by atoms with van der Waals surface area (Å²) in [5.41, 5.74) is 0. The minimum atomic E-state index is -3.57. The summed E-state index contributed by atoms with van der Waals surface area (Å²) in [5.74, 6) is 0.545. The molecule has 0 aromatic heterocycles. The predicted octanol–water partition coefficient (Wildman–Crippen LogP) is 3.44. The summed E-state index contributed by atoms with van der Waals surface area (Å²) >= 11 is 0. The Hall–Kier alpha value is -2.90. The van der Waals surface area contributed by atoms with E-state index in [0.717, 1.165) is 16.5 Å². The first kappa shape index (κ1) is 21.3. The fourth-order valence-corrected chi connectivity index (χ4v) is 5.35. The number of nitrogens with zero attached hydrogens (tertiary/aromatic N) is 1. The fourth-order valence-electron chi connectivity index (χ4n) is 3.84. The van der Waals surface area contributed by atoms with Gasteiger partial charge < -0.3 is 10.1 Å². The second kappa shape index (κ2) is 9.49. The number of hydrogen-bond donors (Lipinski definition) is 1. The van der Waals surface area contributed by atoms with Crippen molar-refractivity contribution in [3.8, 4) is 5.75 Å². The Balaban J connectivity index is 1.28. The van der Waals surface area contributed by atoms with Gasteiger partial charge in [-0.1, -0.05) is 48.5 Å². The van der Waals surface area contributed by atoms with Gasteiger partial charge in [0.1, 0.15) is 12.4 Å². The zero-order valence-electron chi connectivity index (χ0n) is 17.2. The highest BCUT2D eigenvalue weighted by atomic mass is 32.2. The van der Waals surface area contributed by atoms with Crippen molar-refractivity contribution in [2.24, 2.45) is 5.92 Å². The topological polar surface area (TPSA) is 75.7 Å². The highest BCUT2D eigenvalue weighted by Gasteiger charge is 2.32. The molecule has 1 heterocycles. The number of hydrogen-bond acceptors (Lipinski definition) is 4. The van der Waals surface area contributed by atoms with Crippen molar-refractivity contribution in [3.05, 3.63) is 72.8 Å². The third-order valence-electron chi connectivity index (χ3n) is 5.60. The standard InChI is InChI=1S/C24H26N2O4S/c27-24(25-14-17-30-22-8-2-1-3-9-22)20-12-15-26(16-13-20)31(28,29)23-11-10-19-6-4-5-7-21(19)18-23/h1-11,18,20H,12-17H2,(H,25,27). The van der Waals surface area contributed by atoms with E-state index in [9.17, 15) is 13.2 Å². The van der Waals surface area contributed by atoms with Gasteiger partial charge in [0.05, 0.1) is 11.4 Å². The number of piperidine rings is 1. The molecular formula is C24H26N2O4S. The molecule has 0 bridgehead atoms. The van der Waals surface area contributed by atoms with Crippen molar-refractivity contribution < 1.29 is 17.9 Å². The number of fused-ring (bicyclic) bond motifs is 1. The van der Waals surface area contributed by atoms with E-state index in [1.54, 1.807) is 12.1 Å². The molecule has 3 aromatic rings. The maximum absolute atomic E-state index is 13.1. The molecule has 0 spiro atoms. The average molecular weight is 439 g/mol. The zero-order chi connectivity index (χ0) is 21.7. The van der Waals surface area contributed by atoms with Crippen LogP contribution >= 0.6 is 0 Å². The lowest BCUT2D eigenvalue weighted by Crippen LogP contribution is -2.43. The third kappa shape index (κ3) is 5.06. The van der Waals surface area contributed by atoms with Crippen LogP contribution in [0, 0.1) is 5.92 Å². The summed E-state index contributed by atoms with van der Waals surface area (Å²) in [5, 5.41) is 4.80. The molecule has 0 aliphatic carbocycles. The van der Waals surface area contributed by atoms with Gasteiger partial charge in [-0.25, -0.2) is 8.42 Å². The first-order chi connectivity index (χ1) is 15.0. The van der Waals surface area contributed by atoms with Crippen LogP contribution < -0.4 is 10.1 Å². The van der Waals surface area contributed by atoms with Gasteiger partial charge in [-0.05, 0) is 47.9 Å². The van der Waals surface area contributed by atoms with Gasteiger partial charge >= 0.3 is 0 Å². The van der Waals surface area contributed by atoms with Crippen LogP contribution in [0.2, 0.25) is 0 Å². The molecule has 31 heavy (non-hydrogen) atoms. The normalized spacial score (nSPS) is 15.6. The van der Waals surface area contributed by atoms with Crippen LogP contribution in [0.5, 0.6) is 5.75 Å². The molecule has 4 rings (SSSR count). The van der Waals surface area contributed by atoms with Crippen molar-refractivity contribution >= 4 is 26.7 Å². The Morgan fingerprint density at radius 1 is 0.935 bits per heavy atom. The Morgan fingerprint density at radius 2 is 1.61 bits per heavy atom. The lowest BCUT2D eigenvalue weighted by Gasteiger charge is -2.30. The number of ether oxygens (including phenoxy) is 1. The van der Waals surface area contributed by atoms with E-state index in [1.807, 2.05) is 60.7 Å². The van der Waals surface area contributed by atoms with E-state index in [2.05, 4.69) is 5.32 Å². The average Bonchev–Trinajstić information content (AvgIpc) is 2.82. The molecule has 0 saturated carbocycles. The molecule has 6 nitrogen and oxygen atoms in total. The second-order valence-electron chi connectivity index (χ2n) is 7.64. The predicted molar refractivity (Wildman–Crippen MR) is 120 cm³/mol. The molecule has 0 radical (unpaired) electrons. The largest absolute Gasteiger partial charge is 0.492 e. The van der Waals surface area contributed by atoms with Gasteiger partial charge in [-0.3, -0.25) is 4.79 Å². The number of benzene rings is 3. The second-order valence-corrected chi connectivity index (χ2v) is 9.58. The van der Waals surface area contributed by atoms with Gasteiger partial charge in [0.15, 0.2) is 0 Å². The molecule has 1 N–H and O–H groups in total. The molecule has 162 valence electrons. The monoisotopic (exact) mass is 438 g/mol. The summed E-state index contributed by atoms with van der Waals surface area (Å²) in [6.45, 7) is 1.50. The molecule has 7 heteroatoms. The van der Waals surface area contributed by atoms with Crippen molar-refractivity contribution in [3.63, 3.8) is 0 Å². The molecule has 1 amide bonds. The quantitative estimate of drug-likeness (QED) is 0.574. The lowest BCUT2D eigenvalue weighted by molar-refractivity contribution is -0.126. The molecule has 1 saturated heterocycles. The molecule has 0 unspecified atom stereocenters. The molecule has 0 atom stereocenters. The van der Waals surface area contributed by atoms with E-state index in [1.165, 1.54) is 4.31 Å². The van der Waals surface area contributed by atoms with Crippen molar-refractivity contribution in [2.45, 2.75) is 17.7 Å². The van der Waals surface area contributed by atoms with E-state index in [0.29, 0.717) is 44.0 Å². The first-order valence-corrected chi connectivity index (χ1v) is 11.9. The number of amides is 1. The minimum absolute atomic E-state index is 0.0422. The smallest absolute Gasteiger partial charge is 0.243 e. The summed E-state index contributed by atoms with van der Waals surface area (Å²) in [4.78, 5) is 12.7. The molecule has 1 aliphatic heterocycles. The fraction of sp³-hybridized carbons (Fsp3) is 0.292. The number of carbonyl (C=O) groups excluding carboxylic acids is 1. The van der Waals surface area contributed by atoms with E-state index in [-0.39, 0.29) is 11.8 Å². The maximum Gasteiger partial charge on any atom is 0.243 e. The number of sulfonamides is 1. The van der Waals surface area contributed by atoms with Gasteiger partial charge in [0.25, 0.3) is 0 Å². The molecule has 1 aliphatic rings. The number of rotatable bonds is 7. The molecule has 1 fully saturated rings. The van der Waals surface area contributed by atoms with E-state index in [4.69, 9.17) is 4.74 Å². The third-order valence-corrected chi connectivity index (χ3v) is 7.49. The Morgan fingerprint density at radius 3 is 2.35 bits per heavy atom. The molecule has 3 aromatic carbocycles. The van der Waals surface area contributed by atoms with Crippen LogP contribution in [0.25, 0.3) is 10.8 Å². The highest BCUT2D eigenvalue weighted by molar-refractivity contribution is 7.89. The van der Waals surface area contributed by atoms with Gasteiger partial charge in [-0.15, -0.1) is 0 Å². The highest BCUT2D eigenvalue weighted by Crippen LogP contribution is 2.26. The zero-order valence-corrected chi connectivity index (χ0v) is 18.1. The van der Waals surface area contributed by atoms with Crippen LogP contribution in [-0.2, 0) is 14.8 Å². The van der Waals surface area contributed by atoms with Crippen LogP contribution in [0.4, 0.5) is 0 Å². The summed E-state index contributed by atoms with van der Waals surface area (Å²) in [6, 6.07) is 22.4. The maximum atomic E-state index is 13.1. The van der Waals surface area contributed by atoms with E-state index >= 15 is 0 Å².